The molecule has 1 aromatic carbocycles. The summed E-state index contributed by atoms with van der Waals surface area (Å²) >= 11 is 0. The molecule has 2 saturated carbocycles. The van der Waals surface area contributed by atoms with E-state index in [0.29, 0.717) is 17.5 Å². The SMILES string of the molecule is CC(=O)C1=C(O)[C@]2(O)C(=O)C3=C(O)c4c(O)c(CCC(=O)C5(C)CC5)cc(C(C)C)c4C[C@@H]3C[C@@H]2CC1=O. The number of phenolic OH excluding ortho intramolecular Hbond substituents is 1. The van der Waals surface area contributed by atoms with Crippen LogP contribution in [0.15, 0.2) is 23.0 Å². The number of rotatable bonds is 6. The summed E-state index contributed by atoms with van der Waals surface area (Å²) < 4.78 is 0. The van der Waals surface area contributed by atoms with Crippen LogP contribution < -0.4 is 0 Å². The molecule has 0 unspecified atom stereocenters. The Kier molecular flexibility index (Phi) is 5.98. The minimum atomic E-state index is -2.51. The second-order valence-electron chi connectivity index (χ2n) is 12.1. The quantitative estimate of drug-likeness (QED) is 0.410. The topological polar surface area (TPSA) is 149 Å². The van der Waals surface area contributed by atoms with Crippen LogP contribution in [0.25, 0.3) is 5.76 Å². The smallest absolute Gasteiger partial charge is 0.202 e. The summed E-state index contributed by atoms with van der Waals surface area (Å²) in [6.07, 6.45) is 2.41. The highest BCUT2D eigenvalue weighted by atomic mass is 16.3. The van der Waals surface area contributed by atoms with Gasteiger partial charge in [0.25, 0.3) is 0 Å². The maximum absolute atomic E-state index is 13.8. The molecule has 0 radical (unpaired) electrons. The van der Waals surface area contributed by atoms with Crippen molar-refractivity contribution < 1.29 is 39.6 Å². The highest BCUT2D eigenvalue weighted by molar-refractivity contribution is 6.23. The zero-order chi connectivity index (χ0) is 27.9. The maximum Gasteiger partial charge on any atom is 0.202 e. The third kappa shape index (κ3) is 3.67. The number of carbonyl (C=O) groups is 4. The molecule has 4 aliphatic rings. The molecule has 8 heteroatoms. The van der Waals surface area contributed by atoms with E-state index in [4.69, 9.17) is 0 Å². The average molecular weight is 523 g/mol. The highest BCUT2D eigenvalue weighted by Gasteiger charge is 2.60. The van der Waals surface area contributed by atoms with Crippen LogP contribution in [0, 0.1) is 17.3 Å². The first kappa shape index (κ1) is 26.4. The minimum absolute atomic E-state index is 0.0201. The van der Waals surface area contributed by atoms with Crippen LogP contribution in [0.3, 0.4) is 0 Å². The number of fused-ring (bicyclic) bond motifs is 3. The van der Waals surface area contributed by atoms with Gasteiger partial charge in [0.1, 0.15) is 28.6 Å². The van der Waals surface area contributed by atoms with E-state index < -0.39 is 51.9 Å². The fourth-order valence-electron chi connectivity index (χ4n) is 6.61. The number of ketones is 4. The summed E-state index contributed by atoms with van der Waals surface area (Å²) in [7, 11) is 0. The number of benzene rings is 1. The largest absolute Gasteiger partial charge is 0.508 e. The van der Waals surface area contributed by atoms with Crippen molar-refractivity contribution in [1.82, 2.24) is 0 Å². The van der Waals surface area contributed by atoms with Crippen molar-refractivity contribution in [3.63, 3.8) is 0 Å². The van der Waals surface area contributed by atoms with Crippen LogP contribution in [-0.2, 0) is 32.0 Å². The zero-order valence-electron chi connectivity index (χ0n) is 22.2. The van der Waals surface area contributed by atoms with E-state index >= 15 is 0 Å². The van der Waals surface area contributed by atoms with E-state index in [2.05, 4.69) is 0 Å². The highest BCUT2D eigenvalue weighted by Crippen LogP contribution is 2.53. The van der Waals surface area contributed by atoms with Crippen molar-refractivity contribution in [2.75, 3.05) is 0 Å². The van der Waals surface area contributed by atoms with Gasteiger partial charge in [0.05, 0.1) is 5.56 Å². The molecule has 0 spiro atoms. The Morgan fingerprint density at radius 3 is 2.34 bits per heavy atom. The summed E-state index contributed by atoms with van der Waals surface area (Å²) in [6.45, 7) is 6.99. The predicted octanol–water partition coefficient (Wildman–Crippen LogP) is 3.95. The summed E-state index contributed by atoms with van der Waals surface area (Å²) in [4.78, 5) is 51.0. The van der Waals surface area contributed by atoms with Crippen molar-refractivity contribution in [2.24, 2.45) is 17.3 Å². The normalized spacial score (nSPS) is 27.7. The third-order valence-electron chi connectivity index (χ3n) is 9.20. The van der Waals surface area contributed by atoms with E-state index in [-0.39, 0.29) is 59.7 Å². The Hall–Kier alpha value is -3.26. The number of phenols is 1. The Labute approximate surface area is 221 Å². The number of Topliss-reactive ketones (excluding diaryl/α,β-unsaturated/α-hetero) is 4. The fraction of sp³-hybridized carbons (Fsp3) is 0.533. The van der Waals surface area contributed by atoms with Crippen LogP contribution in [0.4, 0.5) is 0 Å². The molecule has 5 rings (SSSR count). The molecule has 0 aliphatic heterocycles. The first-order valence-corrected chi connectivity index (χ1v) is 13.3. The molecule has 3 atom stereocenters. The molecule has 0 aromatic heterocycles. The number of hydrogen-bond donors (Lipinski definition) is 4. The number of carbonyl (C=O) groups excluding carboxylic acids is 4. The van der Waals surface area contributed by atoms with Crippen LogP contribution in [0.2, 0.25) is 0 Å². The predicted molar refractivity (Wildman–Crippen MR) is 138 cm³/mol. The first-order valence-electron chi connectivity index (χ1n) is 13.3. The Balaban J connectivity index is 1.63. The molecule has 0 heterocycles. The summed E-state index contributed by atoms with van der Waals surface area (Å²) in [5.41, 5.74) is -1.32. The van der Waals surface area contributed by atoms with Gasteiger partial charge in [-0.2, -0.15) is 0 Å². The average Bonchev–Trinajstić information content (AvgIpc) is 3.58. The summed E-state index contributed by atoms with van der Waals surface area (Å²) in [5, 5.41) is 45.0. The van der Waals surface area contributed by atoms with Crippen molar-refractivity contribution in [3.8, 4) is 5.75 Å². The van der Waals surface area contributed by atoms with Crippen LogP contribution in [0.1, 0.15) is 88.0 Å². The number of aromatic hydroxyl groups is 1. The van der Waals surface area contributed by atoms with Gasteiger partial charge in [-0.05, 0) is 67.6 Å². The standard InChI is InChI=1S/C30H34O8/c1-13(2)18-10-15(5-6-21(33)29(4)7-8-29)25(34)24-19(18)11-16-9-17-12-20(32)22(14(3)31)27(36)30(17,38)28(37)23(16)26(24)35/h10,13,16-17,34-36,38H,5-9,11-12H2,1-4H3/t16-,17+,30-/m0/s1. The number of aliphatic hydroxyl groups excluding tert-OH is 2. The van der Waals surface area contributed by atoms with Crippen molar-refractivity contribution in [2.45, 2.75) is 84.2 Å². The van der Waals surface area contributed by atoms with Gasteiger partial charge in [-0.1, -0.05) is 26.8 Å². The molecular formula is C30H34O8. The van der Waals surface area contributed by atoms with E-state index in [0.717, 1.165) is 25.3 Å². The maximum atomic E-state index is 13.8. The second kappa shape index (κ2) is 8.63. The molecule has 4 aliphatic carbocycles. The lowest BCUT2D eigenvalue weighted by molar-refractivity contribution is -0.147. The van der Waals surface area contributed by atoms with Gasteiger partial charge in [0.15, 0.2) is 17.2 Å². The minimum Gasteiger partial charge on any atom is -0.508 e. The Morgan fingerprint density at radius 2 is 1.76 bits per heavy atom. The second-order valence-corrected chi connectivity index (χ2v) is 12.1. The number of allylic oxidation sites excluding steroid dienone is 1. The molecule has 202 valence electrons. The van der Waals surface area contributed by atoms with E-state index in [1.165, 1.54) is 0 Å². The van der Waals surface area contributed by atoms with E-state index in [9.17, 15) is 39.6 Å². The monoisotopic (exact) mass is 522 g/mol. The van der Waals surface area contributed by atoms with Gasteiger partial charge >= 0.3 is 0 Å². The molecule has 1 aromatic rings. The van der Waals surface area contributed by atoms with Gasteiger partial charge in [-0.25, -0.2) is 0 Å². The van der Waals surface area contributed by atoms with Crippen molar-refractivity contribution in [1.29, 1.82) is 0 Å². The van der Waals surface area contributed by atoms with Crippen LogP contribution in [0.5, 0.6) is 5.75 Å². The van der Waals surface area contributed by atoms with E-state index in [1.807, 2.05) is 26.8 Å². The van der Waals surface area contributed by atoms with Gasteiger partial charge in [0, 0.05) is 29.7 Å². The zero-order valence-corrected chi connectivity index (χ0v) is 22.2. The molecule has 4 N–H and O–H groups in total. The van der Waals surface area contributed by atoms with Crippen LogP contribution >= 0.6 is 0 Å². The lowest BCUT2D eigenvalue weighted by Crippen LogP contribution is -2.57. The van der Waals surface area contributed by atoms with Crippen LogP contribution in [-0.4, -0.2) is 49.2 Å². The summed E-state index contributed by atoms with van der Waals surface area (Å²) in [5.74, 6) is -5.30. The lowest BCUT2D eigenvalue weighted by atomic mass is 9.58. The van der Waals surface area contributed by atoms with Crippen molar-refractivity contribution in [3.05, 3.63) is 45.2 Å². The van der Waals surface area contributed by atoms with E-state index in [1.54, 1.807) is 0 Å². The van der Waals surface area contributed by atoms with Gasteiger partial charge in [-0.3, -0.25) is 19.2 Å². The molecule has 38 heavy (non-hydrogen) atoms. The van der Waals surface area contributed by atoms with Gasteiger partial charge in [-0.15, -0.1) is 0 Å². The lowest BCUT2D eigenvalue weighted by Gasteiger charge is -2.46. The fourth-order valence-corrected chi connectivity index (χ4v) is 6.61. The van der Waals surface area contributed by atoms with Gasteiger partial charge < -0.3 is 20.4 Å². The molecule has 8 nitrogen and oxygen atoms in total. The Morgan fingerprint density at radius 1 is 1.11 bits per heavy atom. The molecule has 2 fully saturated rings. The molecule has 0 saturated heterocycles. The third-order valence-corrected chi connectivity index (χ3v) is 9.20. The van der Waals surface area contributed by atoms with Crippen molar-refractivity contribution >= 4 is 28.9 Å². The first-order chi connectivity index (χ1) is 17.7. The molecule has 0 bridgehead atoms. The number of hydrogen-bond acceptors (Lipinski definition) is 8. The number of aryl methyl sites for hydroxylation is 1. The van der Waals surface area contributed by atoms with Gasteiger partial charge in [0.2, 0.25) is 5.78 Å². The Bertz CT molecular complexity index is 1370. The number of aliphatic hydroxyl groups is 3. The summed E-state index contributed by atoms with van der Waals surface area (Å²) in [6, 6.07) is 1.87. The molecule has 0 amide bonds. The molecular weight excluding hydrogens is 488 g/mol.